The molecule has 150 valence electrons. The van der Waals surface area contributed by atoms with Crippen LogP contribution in [0.4, 0.5) is 5.95 Å². The van der Waals surface area contributed by atoms with Crippen LogP contribution in [0.5, 0.6) is 0 Å². The van der Waals surface area contributed by atoms with Gasteiger partial charge in [0.1, 0.15) is 0 Å². The molecule has 6 heteroatoms. The third kappa shape index (κ3) is 2.75. The third-order valence-electron chi connectivity index (χ3n) is 7.17. The van der Waals surface area contributed by atoms with Gasteiger partial charge in [-0.25, -0.2) is 4.68 Å². The van der Waals surface area contributed by atoms with E-state index in [-0.39, 0.29) is 17.5 Å². The number of carbonyl (C=O) groups excluding carboxylic acids is 1. The van der Waals surface area contributed by atoms with Gasteiger partial charge in [-0.1, -0.05) is 45.1 Å². The summed E-state index contributed by atoms with van der Waals surface area (Å²) in [5.74, 6) is 2.36. The molecule has 3 aliphatic rings. The predicted octanol–water partition coefficient (Wildman–Crippen LogP) is 5.17. The number of hydrogen-bond acceptors (Lipinski definition) is 4. The first kappa shape index (κ1) is 18.3. The predicted molar refractivity (Wildman–Crippen MR) is 112 cm³/mol. The third-order valence-corrected chi connectivity index (χ3v) is 8.02. The Morgan fingerprint density at radius 1 is 1.21 bits per heavy atom. The lowest BCUT2D eigenvalue weighted by molar-refractivity contribution is 0.0311. The number of thiophene rings is 1. The van der Waals surface area contributed by atoms with Gasteiger partial charge < -0.3 is 0 Å². The van der Waals surface area contributed by atoms with E-state index in [9.17, 15) is 4.79 Å². The molecule has 2 aromatic rings. The monoisotopic (exact) mass is 398 g/mol. The van der Waals surface area contributed by atoms with Gasteiger partial charge in [-0.05, 0) is 43.6 Å². The highest BCUT2D eigenvalue weighted by atomic mass is 32.1. The van der Waals surface area contributed by atoms with Crippen LogP contribution in [0.25, 0.3) is 0 Å². The van der Waals surface area contributed by atoms with Crippen molar-refractivity contribution in [2.24, 2.45) is 5.92 Å². The van der Waals surface area contributed by atoms with Gasteiger partial charge in [-0.15, -0.1) is 11.3 Å². The summed E-state index contributed by atoms with van der Waals surface area (Å²) in [4.78, 5) is 21.4. The molecular formula is C22H30N4OS. The second kappa shape index (κ2) is 7.29. The zero-order valence-corrected chi connectivity index (χ0v) is 17.6. The minimum absolute atomic E-state index is 0.0733. The Labute approximate surface area is 171 Å². The fourth-order valence-corrected chi connectivity index (χ4v) is 6.65. The van der Waals surface area contributed by atoms with Gasteiger partial charge in [0.15, 0.2) is 5.82 Å². The number of fused-ring (bicyclic) bond motifs is 4. The minimum atomic E-state index is 0.0733. The lowest BCUT2D eigenvalue weighted by Crippen LogP contribution is -2.61. The highest BCUT2D eigenvalue weighted by molar-refractivity contribution is 7.12. The van der Waals surface area contributed by atoms with Gasteiger partial charge in [0.05, 0.1) is 10.4 Å². The van der Waals surface area contributed by atoms with Gasteiger partial charge in [0.25, 0.3) is 5.91 Å². The molecule has 28 heavy (non-hydrogen) atoms. The average molecular weight is 399 g/mol. The molecule has 2 saturated carbocycles. The highest BCUT2D eigenvalue weighted by Crippen LogP contribution is 2.53. The van der Waals surface area contributed by atoms with Crippen LogP contribution in [-0.4, -0.2) is 26.7 Å². The van der Waals surface area contributed by atoms with Gasteiger partial charge >= 0.3 is 0 Å². The molecule has 1 amide bonds. The summed E-state index contributed by atoms with van der Waals surface area (Å²) in [5, 5.41) is 7.03. The molecule has 0 bridgehead atoms. The summed E-state index contributed by atoms with van der Waals surface area (Å²) in [6.07, 6.45) is 12.9. The Bertz CT molecular complexity index is 837. The summed E-state index contributed by atoms with van der Waals surface area (Å²) in [5.41, 5.74) is 0.0733. The normalized spacial score (nSPS) is 26.1. The van der Waals surface area contributed by atoms with Crippen molar-refractivity contribution in [2.75, 3.05) is 4.90 Å². The molecule has 1 aliphatic heterocycles. The van der Waals surface area contributed by atoms with Crippen molar-refractivity contribution in [1.82, 2.24) is 14.8 Å². The fraction of sp³-hybridized carbons (Fsp3) is 0.682. The lowest BCUT2D eigenvalue weighted by Gasteiger charge is -2.55. The standard InChI is InChI=1S/C22H30N4OS/c1-2-9-19-23-21-25(20(27)18-12-8-15-28-18)17-11-5-4-10-16(17)22(26(21)24-19)13-6-3-7-14-22/h8,12,15-17H,2-7,9-11,13-14H2,1H3/t16-,17+/m1/s1. The van der Waals surface area contributed by atoms with Gasteiger partial charge in [0.2, 0.25) is 5.95 Å². The largest absolute Gasteiger partial charge is 0.273 e. The van der Waals surface area contributed by atoms with Crippen molar-refractivity contribution in [3.63, 3.8) is 0 Å². The summed E-state index contributed by atoms with van der Waals surface area (Å²) in [6.45, 7) is 2.17. The minimum Gasteiger partial charge on any atom is -0.273 e. The quantitative estimate of drug-likeness (QED) is 0.716. The van der Waals surface area contributed by atoms with Crippen LogP contribution in [0.15, 0.2) is 17.5 Å². The molecule has 0 N–H and O–H groups in total. The summed E-state index contributed by atoms with van der Waals surface area (Å²) in [6, 6.07) is 4.19. The Morgan fingerprint density at radius 3 is 2.79 bits per heavy atom. The number of aromatic nitrogens is 3. The average Bonchev–Trinajstić information content (AvgIpc) is 3.40. The summed E-state index contributed by atoms with van der Waals surface area (Å²) >= 11 is 1.53. The van der Waals surface area contributed by atoms with E-state index in [1.807, 2.05) is 22.4 Å². The molecule has 2 aliphatic carbocycles. The maximum Gasteiger partial charge on any atom is 0.270 e. The fourth-order valence-electron chi connectivity index (χ4n) is 5.99. The van der Waals surface area contributed by atoms with Crippen molar-refractivity contribution in [1.29, 1.82) is 0 Å². The SMILES string of the molecule is CCCc1nc2n(n1)C1(CCCCC1)[C@@H]1CCCC[C@@H]1N2C(=O)c1cccs1. The van der Waals surface area contributed by atoms with Crippen molar-refractivity contribution in [3.8, 4) is 0 Å². The number of carbonyl (C=O) groups is 1. The van der Waals surface area contributed by atoms with Gasteiger partial charge in [-0.3, -0.25) is 9.69 Å². The van der Waals surface area contributed by atoms with E-state index in [2.05, 4.69) is 11.6 Å². The van der Waals surface area contributed by atoms with E-state index in [1.54, 1.807) is 0 Å². The second-order valence-electron chi connectivity index (χ2n) is 8.76. The maximum atomic E-state index is 13.6. The van der Waals surface area contributed by atoms with Gasteiger partial charge in [0, 0.05) is 18.4 Å². The molecule has 0 aromatic carbocycles. The van der Waals surface area contributed by atoms with E-state index in [4.69, 9.17) is 10.1 Å². The Balaban J connectivity index is 1.67. The number of aryl methyl sites for hydroxylation is 1. The van der Waals surface area contributed by atoms with E-state index in [0.29, 0.717) is 5.92 Å². The first-order valence-electron chi connectivity index (χ1n) is 11.1. The molecule has 3 heterocycles. The van der Waals surface area contributed by atoms with Crippen LogP contribution in [0.3, 0.4) is 0 Å². The van der Waals surface area contributed by atoms with E-state index < -0.39 is 0 Å². The lowest BCUT2D eigenvalue weighted by atomic mass is 9.64. The van der Waals surface area contributed by atoms with Crippen LogP contribution < -0.4 is 4.90 Å². The number of anilines is 1. The zero-order chi connectivity index (χ0) is 19.1. The number of nitrogens with zero attached hydrogens (tertiary/aromatic N) is 4. The molecular weight excluding hydrogens is 368 g/mol. The molecule has 2 aromatic heterocycles. The van der Waals surface area contributed by atoms with Crippen LogP contribution in [-0.2, 0) is 12.0 Å². The molecule has 5 nitrogen and oxygen atoms in total. The molecule has 2 atom stereocenters. The molecule has 5 rings (SSSR count). The molecule has 1 spiro atoms. The Hall–Kier alpha value is -1.69. The van der Waals surface area contributed by atoms with Crippen molar-refractivity contribution >= 4 is 23.2 Å². The highest BCUT2D eigenvalue weighted by Gasteiger charge is 2.55. The second-order valence-corrected chi connectivity index (χ2v) is 9.71. The molecule has 0 unspecified atom stereocenters. The van der Waals surface area contributed by atoms with Crippen molar-refractivity contribution in [3.05, 3.63) is 28.2 Å². The first-order valence-corrected chi connectivity index (χ1v) is 12.0. The number of hydrogen-bond donors (Lipinski definition) is 0. The first-order chi connectivity index (χ1) is 13.7. The summed E-state index contributed by atoms with van der Waals surface area (Å²) in [7, 11) is 0. The Kier molecular flexibility index (Phi) is 4.77. The van der Waals surface area contributed by atoms with Crippen LogP contribution in [0.1, 0.15) is 86.6 Å². The zero-order valence-electron chi connectivity index (χ0n) is 16.8. The number of rotatable bonds is 3. The topological polar surface area (TPSA) is 51.0 Å². The van der Waals surface area contributed by atoms with Crippen LogP contribution in [0, 0.1) is 5.92 Å². The molecule has 0 saturated heterocycles. The van der Waals surface area contributed by atoms with E-state index >= 15 is 0 Å². The van der Waals surface area contributed by atoms with Crippen molar-refractivity contribution < 1.29 is 4.79 Å². The van der Waals surface area contributed by atoms with E-state index in [0.717, 1.165) is 35.9 Å². The van der Waals surface area contributed by atoms with E-state index in [1.165, 1.54) is 62.7 Å². The summed E-state index contributed by atoms with van der Waals surface area (Å²) < 4.78 is 2.23. The van der Waals surface area contributed by atoms with Crippen molar-refractivity contribution in [2.45, 2.75) is 89.1 Å². The molecule has 2 fully saturated rings. The maximum absolute atomic E-state index is 13.6. The van der Waals surface area contributed by atoms with Gasteiger partial charge in [-0.2, -0.15) is 10.1 Å². The Morgan fingerprint density at radius 2 is 2.04 bits per heavy atom. The molecule has 0 radical (unpaired) electrons. The number of amides is 1. The van der Waals surface area contributed by atoms with Crippen LogP contribution >= 0.6 is 11.3 Å². The van der Waals surface area contributed by atoms with Crippen LogP contribution in [0.2, 0.25) is 0 Å². The smallest absolute Gasteiger partial charge is 0.270 e.